The second-order valence-corrected chi connectivity index (χ2v) is 4.33. The van der Waals surface area contributed by atoms with Gasteiger partial charge in [-0.25, -0.2) is 0 Å². The van der Waals surface area contributed by atoms with E-state index in [1.165, 1.54) is 11.5 Å². The normalized spacial score (nSPS) is 18.4. The standard InChI is InChI=1S/C11H10N2O2S/c1-2-4-10(15-7-8-6-14-8)9(3-1)11-5-12-13-16-11/h1-5,8H,6-7H2. The SMILES string of the molecule is c1ccc(-c2cnns2)c(OCC2CO2)c1. The Hall–Kier alpha value is -1.46. The number of rotatable bonds is 4. The second-order valence-electron chi connectivity index (χ2n) is 3.54. The number of nitrogens with zero attached hydrogens (tertiary/aromatic N) is 2. The van der Waals surface area contributed by atoms with E-state index in [0.717, 1.165) is 22.8 Å². The van der Waals surface area contributed by atoms with Gasteiger partial charge in [0, 0.05) is 5.56 Å². The van der Waals surface area contributed by atoms with Gasteiger partial charge in [0.15, 0.2) is 0 Å². The summed E-state index contributed by atoms with van der Waals surface area (Å²) in [5.74, 6) is 0.865. The molecule has 1 aromatic carbocycles. The number of epoxide rings is 1. The Bertz CT molecular complexity index is 469. The van der Waals surface area contributed by atoms with E-state index >= 15 is 0 Å². The molecule has 1 saturated heterocycles. The molecule has 1 aromatic heterocycles. The third-order valence-corrected chi connectivity index (χ3v) is 3.04. The summed E-state index contributed by atoms with van der Waals surface area (Å²) in [6.45, 7) is 1.42. The number of benzene rings is 1. The molecule has 0 saturated carbocycles. The highest BCUT2D eigenvalue weighted by Gasteiger charge is 2.23. The van der Waals surface area contributed by atoms with Crippen LogP contribution in [0.5, 0.6) is 5.75 Å². The highest BCUT2D eigenvalue weighted by Crippen LogP contribution is 2.31. The highest BCUT2D eigenvalue weighted by atomic mass is 32.1. The minimum atomic E-state index is 0.271. The van der Waals surface area contributed by atoms with Crippen LogP contribution in [-0.2, 0) is 4.74 Å². The molecule has 4 nitrogen and oxygen atoms in total. The molecule has 1 unspecified atom stereocenters. The van der Waals surface area contributed by atoms with E-state index in [4.69, 9.17) is 9.47 Å². The van der Waals surface area contributed by atoms with Crippen LogP contribution in [0, 0.1) is 0 Å². The molecule has 82 valence electrons. The van der Waals surface area contributed by atoms with Crippen LogP contribution in [0.4, 0.5) is 0 Å². The fourth-order valence-electron chi connectivity index (χ4n) is 1.43. The van der Waals surface area contributed by atoms with E-state index in [2.05, 4.69) is 9.59 Å². The molecule has 2 heterocycles. The maximum Gasteiger partial charge on any atom is 0.128 e. The van der Waals surface area contributed by atoms with E-state index in [1.807, 2.05) is 24.3 Å². The summed E-state index contributed by atoms with van der Waals surface area (Å²) in [7, 11) is 0. The predicted molar refractivity (Wildman–Crippen MR) is 60.6 cm³/mol. The van der Waals surface area contributed by atoms with Crippen molar-refractivity contribution in [2.45, 2.75) is 6.10 Å². The van der Waals surface area contributed by atoms with Crippen LogP contribution in [-0.4, -0.2) is 28.9 Å². The lowest BCUT2D eigenvalue weighted by molar-refractivity contribution is 0.264. The van der Waals surface area contributed by atoms with Gasteiger partial charge < -0.3 is 9.47 Å². The first-order chi connectivity index (χ1) is 7.93. The summed E-state index contributed by atoms with van der Waals surface area (Å²) in [5.41, 5.74) is 1.04. The molecule has 0 bridgehead atoms. The summed E-state index contributed by atoms with van der Waals surface area (Å²) < 4.78 is 14.7. The maximum absolute atomic E-state index is 5.71. The number of hydrogen-bond acceptors (Lipinski definition) is 5. The van der Waals surface area contributed by atoms with E-state index in [-0.39, 0.29) is 6.10 Å². The Morgan fingerprint density at radius 1 is 1.44 bits per heavy atom. The van der Waals surface area contributed by atoms with Crippen molar-refractivity contribution >= 4 is 11.5 Å². The van der Waals surface area contributed by atoms with Crippen LogP contribution >= 0.6 is 11.5 Å². The third-order valence-electron chi connectivity index (χ3n) is 2.34. The average Bonchev–Trinajstić information content (AvgIpc) is 3.00. The number of ether oxygens (including phenoxy) is 2. The Morgan fingerprint density at radius 3 is 3.06 bits per heavy atom. The lowest BCUT2D eigenvalue weighted by atomic mass is 10.2. The van der Waals surface area contributed by atoms with E-state index in [0.29, 0.717) is 6.61 Å². The highest BCUT2D eigenvalue weighted by molar-refractivity contribution is 7.09. The van der Waals surface area contributed by atoms with Gasteiger partial charge in [0.25, 0.3) is 0 Å². The molecule has 0 N–H and O–H groups in total. The fraction of sp³-hybridized carbons (Fsp3) is 0.273. The minimum absolute atomic E-state index is 0.271. The Morgan fingerprint density at radius 2 is 2.31 bits per heavy atom. The lowest BCUT2D eigenvalue weighted by Crippen LogP contribution is -2.04. The molecule has 0 amide bonds. The Kier molecular flexibility index (Phi) is 2.55. The monoisotopic (exact) mass is 234 g/mol. The first-order valence-corrected chi connectivity index (χ1v) is 5.82. The van der Waals surface area contributed by atoms with E-state index in [1.54, 1.807) is 6.20 Å². The zero-order valence-corrected chi connectivity index (χ0v) is 9.31. The molecule has 5 heteroatoms. The van der Waals surface area contributed by atoms with Crippen molar-refractivity contribution in [3.63, 3.8) is 0 Å². The molecule has 1 aliphatic rings. The molecule has 3 rings (SSSR count). The van der Waals surface area contributed by atoms with Crippen LogP contribution in [0.25, 0.3) is 10.4 Å². The van der Waals surface area contributed by atoms with Crippen molar-refractivity contribution < 1.29 is 9.47 Å². The zero-order valence-electron chi connectivity index (χ0n) is 8.50. The van der Waals surface area contributed by atoms with Gasteiger partial charge in [-0.05, 0) is 23.7 Å². The molecule has 0 aliphatic carbocycles. The van der Waals surface area contributed by atoms with E-state index in [9.17, 15) is 0 Å². The van der Waals surface area contributed by atoms with Gasteiger partial charge in [0.05, 0.1) is 17.7 Å². The molecule has 16 heavy (non-hydrogen) atoms. The quantitative estimate of drug-likeness (QED) is 0.759. The summed E-state index contributed by atoms with van der Waals surface area (Å²) in [4.78, 5) is 1.02. The van der Waals surface area contributed by atoms with Crippen molar-refractivity contribution in [1.82, 2.24) is 9.59 Å². The predicted octanol–water partition coefficient (Wildman–Crippen LogP) is 1.98. The van der Waals surface area contributed by atoms with Gasteiger partial charge in [-0.1, -0.05) is 16.6 Å². The van der Waals surface area contributed by atoms with E-state index < -0.39 is 0 Å². The summed E-state index contributed by atoms with van der Waals surface area (Å²) in [5, 5.41) is 3.84. The van der Waals surface area contributed by atoms with Crippen molar-refractivity contribution in [2.75, 3.05) is 13.2 Å². The van der Waals surface area contributed by atoms with Crippen molar-refractivity contribution in [3.8, 4) is 16.2 Å². The van der Waals surface area contributed by atoms with Crippen LogP contribution in [0.1, 0.15) is 0 Å². The topological polar surface area (TPSA) is 47.5 Å². The molecule has 1 atom stereocenters. The van der Waals surface area contributed by atoms with Crippen LogP contribution in [0.15, 0.2) is 30.5 Å². The van der Waals surface area contributed by atoms with Crippen molar-refractivity contribution in [3.05, 3.63) is 30.5 Å². The molecule has 2 aromatic rings. The second kappa shape index (κ2) is 4.19. The Balaban J connectivity index is 1.85. The van der Waals surface area contributed by atoms with Gasteiger partial charge in [-0.2, -0.15) is 0 Å². The van der Waals surface area contributed by atoms with Crippen LogP contribution in [0.2, 0.25) is 0 Å². The molecular formula is C11H10N2O2S. The fourth-order valence-corrected chi connectivity index (χ4v) is 1.97. The maximum atomic E-state index is 5.71. The molecule has 1 fully saturated rings. The Labute approximate surface area is 97.0 Å². The minimum Gasteiger partial charge on any atom is -0.490 e. The first-order valence-electron chi connectivity index (χ1n) is 5.04. The number of aromatic nitrogens is 2. The average molecular weight is 234 g/mol. The van der Waals surface area contributed by atoms with Crippen LogP contribution < -0.4 is 4.74 Å². The van der Waals surface area contributed by atoms with Crippen molar-refractivity contribution in [1.29, 1.82) is 0 Å². The van der Waals surface area contributed by atoms with Gasteiger partial charge in [-0.3, -0.25) is 0 Å². The van der Waals surface area contributed by atoms with Gasteiger partial charge in [0.1, 0.15) is 18.5 Å². The van der Waals surface area contributed by atoms with Crippen LogP contribution in [0.3, 0.4) is 0 Å². The molecule has 0 spiro atoms. The third kappa shape index (κ3) is 2.05. The largest absolute Gasteiger partial charge is 0.490 e. The molecule has 1 aliphatic heterocycles. The van der Waals surface area contributed by atoms with Crippen molar-refractivity contribution in [2.24, 2.45) is 0 Å². The summed E-state index contributed by atoms with van der Waals surface area (Å²) >= 11 is 1.37. The number of para-hydroxylation sites is 1. The van der Waals surface area contributed by atoms with Gasteiger partial charge in [0.2, 0.25) is 0 Å². The zero-order chi connectivity index (χ0) is 10.8. The summed E-state index contributed by atoms with van der Waals surface area (Å²) in [6.07, 6.45) is 2.02. The molecule has 0 radical (unpaired) electrons. The first kappa shape index (κ1) is 9.74. The lowest BCUT2D eigenvalue weighted by Gasteiger charge is -2.08. The number of hydrogen-bond donors (Lipinski definition) is 0. The van der Waals surface area contributed by atoms with Gasteiger partial charge in [-0.15, -0.1) is 5.10 Å². The summed E-state index contributed by atoms with van der Waals surface area (Å²) in [6, 6.07) is 7.91. The molecular weight excluding hydrogens is 224 g/mol. The smallest absolute Gasteiger partial charge is 0.128 e. The van der Waals surface area contributed by atoms with Gasteiger partial charge >= 0.3 is 0 Å².